The van der Waals surface area contributed by atoms with Crippen LogP contribution in [0.1, 0.15) is 30.1 Å². The number of nitrogens with two attached hydrogens (primary N) is 1. The zero-order valence-electron chi connectivity index (χ0n) is 8.87. The van der Waals surface area contributed by atoms with Gasteiger partial charge in [-0.3, -0.25) is 4.98 Å². The summed E-state index contributed by atoms with van der Waals surface area (Å²) in [6, 6.07) is 4.34. The van der Waals surface area contributed by atoms with Crippen molar-refractivity contribution >= 4 is 0 Å². The Bertz CT molecular complexity index is 369. The van der Waals surface area contributed by atoms with Gasteiger partial charge in [-0.05, 0) is 49.4 Å². The number of hydrogen-bond acceptors (Lipinski definition) is 3. The average Bonchev–Trinajstić information content (AvgIpc) is 2.54. The average molecular weight is 203 g/mol. The van der Waals surface area contributed by atoms with E-state index in [4.69, 9.17) is 5.73 Å². The Hall–Kier alpha value is -0.930. The standard InChI is InChI=1S/C12H17N3/c13-11-9-2-1-5-15-10(9)8-12(11)3-6-14-7-4-12/h1-2,5,11,14H,3-4,6-8,13H2/t11-/m0/s1. The zero-order valence-corrected chi connectivity index (χ0v) is 8.87. The molecule has 1 aromatic rings. The highest BCUT2D eigenvalue weighted by Crippen LogP contribution is 2.48. The number of nitrogens with zero attached hydrogens (tertiary/aromatic N) is 1. The maximum absolute atomic E-state index is 6.39. The van der Waals surface area contributed by atoms with Gasteiger partial charge in [-0.15, -0.1) is 0 Å². The molecule has 1 atom stereocenters. The molecule has 1 spiro atoms. The van der Waals surface area contributed by atoms with Crippen LogP contribution in [0.15, 0.2) is 18.3 Å². The molecule has 0 saturated carbocycles. The second-order valence-electron chi connectivity index (χ2n) is 4.81. The minimum Gasteiger partial charge on any atom is -0.323 e. The van der Waals surface area contributed by atoms with Gasteiger partial charge in [0.25, 0.3) is 0 Å². The number of fused-ring (bicyclic) bond motifs is 1. The van der Waals surface area contributed by atoms with Gasteiger partial charge in [0.15, 0.2) is 0 Å². The Morgan fingerprint density at radius 3 is 2.93 bits per heavy atom. The van der Waals surface area contributed by atoms with Crippen LogP contribution in [0.4, 0.5) is 0 Å². The van der Waals surface area contributed by atoms with Gasteiger partial charge < -0.3 is 11.1 Å². The molecule has 1 aliphatic heterocycles. The Balaban J connectivity index is 1.98. The third kappa shape index (κ3) is 1.30. The van der Waals surface area contributed by atoms with Crippen LogP contribution in [0, 0.1) is 5.41 Å². The van der Waals surface area contributed by atoms with E-state index in [0.717, 1.165) is 19.5 Å². The molecule has 1 saturated heterocycles. The van der Waals surface area contributed by atoms with E-state index in [1.807, 2.05) is 12.3 Å². The molecule has 80 valence electrons. The van der Waals surface area contributed by atoms with E-state index in [1.165, 1.54) is 24.1 Å². The van der Waals surface area contributed by atoms with Crippen LogP contribution in [-0.2, 0) is 6.42 Å². The lowest BCUT2D eigenvalue weighted by molar-refractivity contribution is 0.173. The minimum absolute atomic E-state index is 0.197. The topological polar surface area (TPSA) is 50.9 Å². The monoisotopic (exact) mass is 203 g/mol. The second kappa shape index (κ2) is 3.29. The molecule has 1 fully saturated rings. The third-order valence-electron chi connectivity index (χ3n) is 4.04. The minimum atomic E-state index is 0.197. The van der Waals surface area contributed by atoms with E-state index in [2.05, 4.69) is 16.4 Å². The van der Waals surface area contributed by atoms with Crippen molar-refractivity contribution in [3.8, 4) is 0 Å². The van der Waals surface area contributed by atoms with Crippen LogP contribution in [0.3, 0.4) is 0 Å². The van der Waals surface area contributed by atoms with Gasteiger partial charge in [0, 0.05) is 17.9 Å². The van der Waals surface area contributed by atoms with E-state index in [9.17, 15) is 0 Å². The summed E-state index contributed by atoms with van der Waals surface area (Å²) < 4.78 is 0. The van der Waals surface area contributed by atoms with Crippen LogP contribution in [0.25, 0.3) is 0 Å². The SMILES string of the molecule is N[C@H]1c2cccnc2CC12CCNCC2. The number of rotatable bonds is 0. The number of nitrogens with one attached hydrogen (secondary N) is 1. The number of pyridine rings is 1. The van der Waals surface area contributed by atoms with Crippen molar-refractivity contribution < 1.29 is 0 Å². The summed E-state index contributed by atoms with van der Waals surface area (Å²) in [6.07, 6.45) is 5.33. The molecule has 0 bridgehead atoms. The van der Waals surface area contributed by atoms with Crippen LogP contribution < -0.4 is 11.1 Å². The fourth-order valence-electron chi connectivity index (χ4n) is 3.07. The highest BCUT2D eigenvalue weighted by atomic mass is 14.9. The van der Waals surface area contributed by atoms with Crippen LogP contribution in [0.5, 0.6) is 0 Å². The molecule has 2 heterocycles. The van der Waals surface area contributed by atoms with Gasteiger partial charge in [0.1, 0.15) is 0 Å². The predicted octanol–water partition coefficient (Wildman–Crippen LogP) is 1.01. The highest BCUT2D eigenvalue weighted by Gasteiger charge is 2.45. The Morgan fingerprint density at radius 1 is 1.40 bits per heavy atom. The molecule has 3 rings (SSSR count). The van der Waals surface area contributed by atoms with Gasteiger partial charge in [-0.1, -0.05) is 6.07 Å². The van der Waals surface area contributed by atoms with Gasteiger partial charge in [-0.2, -0.15) is 0 Å². The van der Waals surface area contributed by atoms with Gasteiger partial charge in [0.2, 0.25) is 0 Å². The maximum atomic E-state index is 6.39. The quantitative estimate of drug-likeness (QED) is 0.661. The first kappa shape index (κ1) is 9.31. The molecule has 1 aliphatic carbocycles. The van der Waals surface area contributed by atoms with Crippen molar-refractivity contribution in [1.29, 1.82) is 0 Å². The predicted molar refractivity (Wildman–Crippen MR) is 59.4 cm³/mol. The van der Waals surface area contributed by atoms with Crippen molar-refractivity contribution in [3.05, 3.63) is 29.6 Å². The highest BCUT2D eigenvalue weighted by molar-refractivity contribution is 5.33. The number of aromatic nitrogens is 1. The summed E-state index contributed by atoms with van der Waals surface area (Å²) in [5.41, 5.74) is 9.19. The Morgan fingerprint density at radius 2 is 2.20 bits per heavy atom. The lowest BCUT2D eigenvalue weighted by atomic mass is 9.74. The molecule has 0 amide bonds. The fourth-order valence-corrected chi connectivity index (χ4v) is 3.07. The van der Waals surface area contributed by atoms with E-state index >= 15 is 0 Å². The number of piperidine rings is 1. The summed E-state index contributed by atoms with van der Waals surface area (Å²) in [7, 11) is 0. The normalized spacial score (nSPS) is 27.9. The first-order valence-corrected chi connectivity index (χ1v) is 5.72. The molecule has 2 aliphatic rings. The van der Waals surface area contributed by atoms with Crippen molar-refractivity contribution in [2.45, 2.75) is 25.3 Å². The Labute approximate surface area is 90.1 Å². The molecule has 15 heavy (non-hydrogen) atoms. The molecule has 0 aromatic carbocycles. The molecular formula is C12H17N3. The van der Waals surface area contributed by atoms with Crippen LogP contribution >= 0.6 is 0 Å². The molecule has 1 aromatic heterocycles. The molecular weight excluding hydrogens is 186 g/mol. The van der Waals surface area contributed by atoms with Crippen molar-refractivity contribution in [1.82, 2.24) is 10.3 Å². The molecule has 3 N–H and O–H groups in total. The van der Waals surface area contributed by atoms with Gasteiger partial charge >= 0.3 is 0 Å². The summed E-state index contributed by atoms with van der Waals surface area (Å²) in [4.78, 5) is 4.46. The molecule has 0 unspecified atom stereocenters. The zero-order chi connectivity index (χ0) is 10.3. The molecule has 3 nitrogen and oxygen atoms in total. The van der Waals surface area contributed by atoms with Crippen molar-refractivity contribution in [2.24, 2.45) is 11.1 Å². The second-order valence-corrected chi connectivity index (χ2v) is 4.81. The van der Waals surface area contributed by atoms with Gasteiger partial charge in [0.05, 0.1) is 0 Å². The van der Waals surface area contributed by atoms with Crippen molar-refractivity contribution in [3.63, 3.8) is 0 Å². The first-order chi connectivity index (χ1) is 7.32. The summed E-state index contributed by atoms with van der Waals surface area (Å²) >= 11 is 0. The maximum Gasteiger partial charge on any atom is 0.0457 e. The van der Waals surface area contributed by atoms with Crippen LogP contribution in [-0.4, -0.2) is 18.1 Å². The lowest BCUT2D eigenvalue weighted by Crippen LogP contribution is -2.42. The summed E-state index contributed by atoms with van der Waals surface area (Å²) in [6.45, 7) is 2.20. The largest absolute Gasteiger partial charge is 0.323 e. The van der Waals surface area contributed by atoms with E-state index < -0.39 is 0 Å². The fraction of sp³-hybridized carbons (Fsp3) is 0.583. The van der Waals surface area contributed by atoms with E-state index in [1.54, 1.807) is 0 Å². The molecule has 3 heteroatoms. The number of hydrogen-bond donors (Lipinski definition) is 2. The third-order valence-corrected chi connectivity index (χ3v) is 4.04. The smallest absolute Gasteiger partial charge is 0.0457 e. The van der Waals surface area contributed by atoms with Crippen LogP contribution in [0.2, 0.25) is 0 Å². The summed E-state index contributed by atoms with van der Waals surface area (Å²) in [5, 5.41) is 3.41. The molecule has 0 radical (unpaired) electrons. The Kier molecular flexibility index (Phi) is 2.04. The van der Waals surface area contributed by atoms with Gasteiger partial charge in [-0.25, -0.2) is 0 Å². The first-order valence-electron chi connectivity index (χ1n) is 5.72. The van der Waals surface area contributed by atoms with Crippen molar-refractivity contribution in [2.75, 3.05) is 13.1 Å². The summed E-state index contributed by atoms with van der Waals surface area (Å²) in [5.74, 6) is 0. The van der Waals surface area contributed by atoms with E-state index in [0.29, 0.717) is 5.41 Å². The lowest BCUT2D eigenvalue weighted by Gasteiger charge is -2.37. The van der Waals surface area contributed by atoms with E-state index in [-0.39, 0.29) is 6.04 Å².